The number of fused-ring (bicyclic) bond motifs is 1. The van der Waals surface area contributed by atoms with Gasteiger partial charge >= 0.3 is 12.0 Å². The van der Waals surface area contributed by atoms with Gasteiger partial charge in [0.1, 0.15) is 0 Å². The lowest BCUT2D eigenvalue weighted by atomic mass is 9.93. The smallest absolute Gasteiger partial charge is 0.337 e. The van der Waals surface area contributed by atoms with Crippen LogP contribution in [-0.2, 0) is 4.74 Å². The van der Waals surface area contributed by atoms with E-state index >= 15 is 0 Å². The van der Waals surface area contributed by atoms with E-state index in [9.17, 15) is 14.4 Å². The number of esters is 1. The van der Waals surface area contributed by atoms with Gasteiger partial charge < -0.3 is 20.7 Å². The molecular formula is C22H25N5O4. The number of ether oxygens (including phenoxy) is 1. The van der Waals surface area contributed by atoms with Crippen LogP contribution in [0.15, 0.2) is 53.3 Å². The summed E-state index contributed by atoms with van der Waals surface area (Å²) in [4.78, 5) is 35.8. The highest BCUT2D eigenvalue weighted by atomic mass is 16.5. The number of nitrogens with zero attached hydrogens (tertiary/aromatic N) is 1. The summed E-state index contributed by atoms with van der Waals surface area (Å²) in [6, 6.07) is 13.3. The predicted octanol–water partition coefficient (Wildman–Crippen LogP) is 2.97. The number of carbonyl (C=O) groups excluding carboxylic acids is 2. The van der Waals surface area contributed by atoms with Crippen LogP contribution in [0.25, 0.3) is 10.8 Å². The Kier molecular flexibility index (Phi) is 6.54. The summed E-state index contributed by atoms with van der Waals surface area (Å²) < 4.78 is 4.69. The van der Waals surface area contributed by atoms with E-state index in [1.54, 1.807) is 36.4 Å². The second-order valence-electron chi connectivity index (χ2n) is 7.84. The summed E-state index contributed by atoms with van der Waals surface area (Å²) in [7, 11) is 1.30. The quantitative estimate of drug-likeness (QED) is 0.433. The number of benzene rings is 2. The highest BCUT2D eigenvalue weighted by Crippen LogP contribution is 2.20. The molecule has 3 rings (SSSR count). The molecule has 0 aliphatic rings. The number of anilines is 2. The number of hydrogen-bond acceptors (Lipinski definition) is 6. The lowest BCUT2D eigenvalue weighted by Gasteiger charge is -2.26. The van der Waals surface area contributed by atoms with Gasteiger partial charge in [-0.25, -0.2) is 14.7 Å². The van der Waals surface area contributed by atoms with E-state index in [1.807, 2.05) is 26.0 Å². The Hall–Kier alpha value is -3.88. The fraction of sp³-hybridized carbons (Fsp3) is 0.273. The minimum absolute atomic E-state index is 0.241. The van der Waals surface area contributed by atoms with Crippen LogP contribution in [0.4, 0.5) is 16.3 Å². The zero-order valence-corrected chi connectivity index (χ0v) is 17.6. The molecule has 9 heteroatoms. The molecule has 162 valence electrons. The third-order valence-corrected chi connectivity index (χ3v) is 4.70. The topological polar surface area (TPSA) is 125 Å². The number of hydrogen-bond donors (Lipinski definition) is 4. The van der Waals surface area contributed by atoms with Gasteiger partial charge in [-0.05, 0) is 29.7 Å². The van der Waals surface area contributed by atoms with E-state index in [0.29, 0.717) is 35.5 Å². The molecule has 0 aliphatic carbocycles. The number of aromatic amines is 1. The Morgan fingerprint density at radius 2 is 1.81 bits per heavy atom. The summed E-state index contributed by atoms with van der Waals surface area (Å²) in [6.07, 6.45) is 0. The molecule has 0 bridgehead atoms. The van der Waals surface area contributed by atoms with Crippen molar-refractivity contribution < 1.29 is 14.3 Å². The predicted molar refractivity (Wildman–Crippen MR) is 119 cm³/mol. The van der Waals surface area contributed by atoms with Gasteiger partial charge in [0.05, 0.1) is 18.1 Å². The molecule has 3 aromatic rings. The minimum atomic E-state index is -0.473. The lowest BCUT2D eigenvalue weighted by molar-refractivity contribution is 0.0600. The number of nitrogens with one attached hydrogen (secondary N) is 4. The van der Waals surface area contributed by atoms with Crippen molar-refractivity contribution in [2.75, 3.05) is 30.8 Å². The number of carbonyl (C=O) groups is 2. The molecule has 31 heavy (non-hydrogen) atoms. The van der Waals surface area contributed by atoms with Crippen LogP contribution in [0.5, 0.6) is 0 Å². The average Bonchev–Trinajstić information content (AvgIpc) is 2.77. The lowest BCUT2D eigenvalue weighted by Crippen LogP contribution is -2.40. The molecule has 2 amide bonds. The van der Waals surface area contributed by atoms with Crippen molar-refractivity contribution in [2.45, 2.75) is 13.8 Å². The molecule has 0 aliphatic heterocycles. The summed E-state index contributed by atoms with van der Waals surface area (Å²) >= 11 is 0. The molecule has 1 aromatic heterocycles. The number of methoxy groups -OCH3 is 1. The first-order valence-corrected chi connectivity index (χ1v) is 9.73. The molecule has 4 N–H and O–H groups in total. The molecule has 0 atom stereocenters. The SMILES string of the molecule is COC(=O)c1cccc(NC(=O)NCC(C)(C)CNc2n[nH]c(=O)c3ccccc23)c1. The summed E-state index contributed by atoms with van der Waals surface area (Å²) in [5.41, 5.74) is 0.283. The monoisotopic (exact) mass is 423 g/mol. The largest absolute Gasteiger partial charge is 0.465 e. The second-order valence-corrected chi connectivity index (χ2v) is 7.84. The Morgan fingerprint density at radius 1 is 1.06 bits per heavy atom. The highest BCUT2D eigenvalue weighted by Gasteiger charge is 2.20. The van der Waals surface area contributed by atoms with E-state index in [1.165, 1.54) is 7.11 Å². The van der Waals surface area contributed by atoms with Crippen LogP contribution in [0.3, 0.4) is 0 Å². The van der Waals surface area contributed by atoms with E-state index in [0.717, 1.165) is 5.39 Å². The van der Waals surface area contributed by atoms with Crippen molar-refractivity contribution in [3.8, 4) is 0 Å². The maximum atomic E-state index is 12.3. The Morgan fingerprint density at radius 3 is 2.55 bits per heavy atom. The molecule has 0 radical (unpaired) electrons. The van der Waals surface area contributed by atoms with Gasteiger partial charge in [-0.1, -0.05) is 38.1 Å². The molecule has 2 aromatic carbocycles. The van der Waals surface area contributed by atoms with Crippen LogP contribution < -0.4 is 21.5 Å². The first kappa shape index (κ1) is 21.8. The van der Waals surface area contributed by atoms with Crippen LogP contribution in [0.2, 0.25) is 0 Å². The molecule has 0 saturated heterocycles. The molecule has 9 nitrogen and oxygen atoms in total. The number of amides is 2. The molecule has 0 spiro atoms. The Labute approximate surface area is 179 Å². The van der Waals surface area contributed by atoms with Crippen molar-refractivity contribution in [3.63, 3.8) is 0 Å². The minimum Gasteiger partial charge on any atom is -0.465 e. The fourth-order valence-electron chi connectivity index (χ4n) is 2.97. The second kappa shape index (κ2) is 9.29. The third-order valence-electron chi connectivity index (χ3n) is 4.70. The van der Waals surface area contributed by atoms with Gasteiger partial charge in [0.2, 0.25) is 0 Å². The van der Waals surface area contributed by atoms with Crippen molar-refractivity contribution >= 4 is 34.3 Å². The van der Waals surface area contributed by atoms with Gasteiger partial charge in [-0.3, -0.25) is 4.79 Å². The van der Waals surface area contributed by atoms with E-state index in [4.69, 9.17) is 0 Å². The molecule has 1 heterocycles. The first-order chi connectivity index (χ1) is 14.8. The highest BCUT2D eigenvalue weighted by molar-refractivity contribution is 5.94. The molecule has 0 fully saturated rings. The van der Waals surface area contributed by atoms with Gasteiger partial charge in [-0.2, -0.15) is 5.10 Å². The summed E-state index contributed by atoms with van der Waals surface area (Å²) in [5.74, 6) is 0.104. The summed E-state index contributed by atoms with van der Waals surface area (Å²) in [6.45, 7) is 4.87. The molecule has 0 unspecified atom stereocenters. The number of aromatic nitrogens is 2. The van der Waals surface area contributed by atoms with Crippen molar-refractivity contribution in [1.82, 2.24) is 15.5 Å². The normalized spacial score (nSPS) is 11.1. The number of urea groups is 1. The summed E-state index contributed by atoms with van der Waals surface area (Å²) in [5, 5.41) is 16.7. The van der Waals surface area contributed by atoms with Crippen molar-refractivity contribution in [1.29, 1.82) is 0 Å². The zero-order valence-electron chi connectivity index (χ0n) is 17.6. The van der Waals surface area contributed by atoms with Gasteiger partial charge in [0.25, 0.3) is 5.56 Å². The van der Waals surface area contributed by atoms with Gasteiger partial charge in [0.15, 0.2) is 5.82 Å². The average molecular weight is 423 g/mol. The maximum Gasteiger partial charge on any atom is 0.337 e. The Bertz CT molecular complexity index is 1160. The third kappa shape index (κ3) is 5.59. The Balaban J connectivity index is 1.57. The van der Waals surface area contributed by atoms with Crippen LogP contribution in [0.1, 0.15) is 24.2 Å². The van der Waals surface area contributed by atoms with E-state index < -0.39 is 5.97 Å². The maximum absolute atomic E-state index is 12.3. The van der Waals surface area contributed by atoms with Gasteiger partial charge in [0, 0.05) is 24.2 Å². The molecule has 0 saturated carbocycles. The van der Waals surface area contributed by atoms with Crippen molar-refractivity contribution in [3.05, 3.63) is 64.4 Å². The number of H-pyrrole nitrogens is 1. The fourth-order valence-corrected chi connectivity index (χ4v) is 2.97. The van der Waals surface area contributed by atoms with E-state index in [2.05, 4.69) is 30.9 Å². The van der Waals surface area contributed by atoms with Crippen molar-refractivity contribution in [2.24, 2.45) is 5.41 Å². The van der Waals surface area contributed by atoms with Crippen LogP contribution in [0, 0.1) is 5.41 Å². The number of rotatable bonds is 7. The molecular weight excluding hydrogens is 398 g/mol. The zero-order chi connectivity index (χ0) is 22.4. The van der Waals surface area contributed by atoms with Gasteiger partial charge in [-0.15, -0.1) is 0 Å². The van der Waals surface area contributed by atoms with Crippen LogP contribution in [-0.4, -0.2) is 42.4 Å². The standard InChI is InChI=1S/C22H25N5O4/c1-22(2,12-23-18-16-9-4-5-10-17(16)19(28)27-26-18)13-24-21(30)25-15-8-6-7-14(11-15)20(29)31-3/h4-11H,12-13H2,1-3H3,(H,23,26)(H,27,28)(H2,24,25,30). The van der Waals surface area contributed by atoms with E-state index in [-0.39, 0.29) is 17.0 Å². The van der Waals surface area contributed by atoms with Crippen LogP contribution >= 0.6 is 0 Å². The first-order valence-electron chi connectivity index (χ1n) is 9.73.